The van der Waals surface area contributed by atoms with E-state index in [1.165, 1.54) is 6.42 Å². The number of aromatic nitrogens is 2. The molecule has 0 spiro atoms. The molecule has 5 nitrogen and oxygen atoms in total. The minimum atomic E-state index is 0.444. The Morgan fingerprint density at radius 2 is 2.10 bits per heavy atom. The highest BCUT2D eigenvalue weighted by molar-refractivity contribution is 5.34. The Labute approximate surface area is 120 Å². The zero-order valence-electron chi connectivity index (χ0n) is 12.2. The number of rotatable bonds is 2. The largest absolute Gasteiger partial charge is 0.339 e. The van der Waals surface area contributed by atoms with Crippen molar-refractivity contribution in [1.82, 2.24) is 14.9 Å². The number of anilines is 1. The maximum Gasteiger partial charge on any atom is 0.226 e. The minimum absolute atomic E-state index is 0.444. The lowest BCUT2D eigenvalue weighted by Gasteiger charge is -2.21. The third-order valence-electron chi connectivity index (χ3n) is 4.31. The molecule has 3 rings (SSSR count). The minimum Gasteiger partial charge on any atom is -0.339 e. The molecule has 1 aliphatic carbocycles. The molecule has 0 aromatic carbocycles. The molecule has 2 fully saturated rings. The molecule has 5 heteroatoms. The maximum absolute atomic E-state index is 8.95. The SMILES string of the molecule is CC1CN(c2nccc(C#N)n2)CCN(C2CC2C)C1. The Kier molecular flexibility index (Phi) is 3.58. The van der Waals surface area contributed by atoms with Gasteiger partial charge in [-0.15, -0.1) is 0 Å². The summed E-state index contributed by atoms with van der Waals surface area (Å²) in [5.41, 5.74) is 0.444. The first-order chi connectivity index (χ1) is 9.67. The first-order valence-electron chi connectivity index (χ1n) is 7.39. The first-order valence-corrected chi connectivity index (χ1v) is 7.39. The van der Waals surface area contributed by atoms with Gasteiger partial charge in [-0.2, -0.15) is 5.26 Å². The van der Waals surface area contributed by atoms with Gasteiger partial charge in [-0.25, -0.2) is 9.97 Å². The summed E-state index contributed by atoms with van der Waals surface area (Å²) in [6.45, 7) is 8.75. The van der Waals surface area contributed by atoms with E-state index in [-0.39, 0.29) is 0 Å². The summed E-state index contributed by atoms with van der Waals surface area (Å²) in [4.78, 5) is 13.5. The Morgan fingerprint density at radius 1 is 1.30 bits per heavy atom. The van der Waals surface area contributed by atoms with Crippen molar-refractivity contribution in [3.63, 3.8) is 0 Å². The summed E-state index contributed by atoms with van der Waals surface area (Å²) in [6.07, 6.45) is 3.02. The van der Waals surface area contributed by atoms with Gasteiger partial charge in [0.2, 0.25) is 5.95 Å². The fraction of sp³-hybridized carbons (Fsp3) is 0.667. The molecule has 1 aromatic heterocycles. The fourth-order valence-corrected chi connectivity index (χ4v) is 3.12. The van der Waals surface area contributed by atoms with Crippen molar-refractivity contribution >= 4 is 5.95 Å². The highest BCUT2D eigenvalue weighted by Crippen LogP contribution is 2.36. The molecule has 1 aromatic rings. The summed E-state index contributed by atoms with van der Waals surface area (Å²) in [5.74, 6) is 2.15. The highest BCUT2D eigenvalue weighted by atomic mass is 15.3. The average Bonchev–Trinajstić information content (AvgIpc) is 3.21. The summed E-state index contributed by atoms with van der Waals surface area (Å²) in [6, 6.07) is 4.52. The van der Waals surface area contributed by atoms with E-state index in [1.54, 1.807) is 12.3 Å². The monoisotopic (exact) mass is 271 g/mol. The molecule has 0 radical (unpaired) electrons. The second-order valence-corrected chi connectivity index (χ2v) is 6.18. The molecule has 1 saturated carbocycles. The molecule has 0 amide bonds. The molecule has 106 valence electrons. The van der Waals surface area contributed by atoms with Gasteiger partial charge in [0, 0.05) is 38.4 Å². The molecule has 2 heterocycles. The lowest BCUT2D eigenvalue weighted by atomic mass is 10.1. The topological polar surface area (TPSA) is 56.1 Å². The lowest BCUT2D eigenvalue weighted by molar-refractivity contribution is 0.246. The van der Waals surface area contributed by atoms with Crippen LogP contribution in [0.25, 0.3) is 0 Å². The standard InChI is InChI=1S/C15H21N5/c1-11-9-19(14-7-12(14)2)5-6-20(10-11)15-17-4-3-13(8-16)18-15/h3-4,11-12,14H,5-7,9-10H2,1-2H3. The van der Waals surface area contributed by atoms with Gasteiger partial charge in [0.25, 0.3) is 0 Å². The van der Waals surface area contributed by atoms with E-state index in [0.29, 0.717) is 17.6 Å². The maximum atomic E-state index is 8.95. The predicted molar refractivity (Wildman–Crippen MR) is 77.3 cm³/mol. The smallest absolute Gasteiger partial charge is 0.226 e. The average molecular weight is 271 g/mol. The number of hydrogen-bond donors (Lipinski definition) is 0. The molecule has 0 bridgehead atoms. The van der Waals surface area contributed by atoms with Gasteiger partial charge in [0.1, 0.15) is 11.8 Å². The van der Waals surface area contributed by atoms with Crippen molar-refractivity contribution in [1.29, 1.82) is 5.26 Å². The van der Waals surface area contributed by atoms with E-state index in [1.807, 2.05) is 0 Å². The third kappa shape index (κ3) is 2.75. The van der Waals surface area contributed by atoms with Crippen LogP contribution in [0.5, 0.6) is 0 Å². The fourth-order valence-electron chi connectivity index (χ4n) is 3.12. The van der Waals surface area contributed by atoms with Crippen LogP contribution >= 0.6 is 0 Å². The van der Waals surface area contributed by atoms with E-state index < -0.39 is 0 Å². The Hall–Kier alpha value is -1.67. The van der Waals surface area contributed by atoms with E-state index in [9.17, 15) is 0 Å². The third-order valence-corrected chi connectivity index (χ3v) is 4.31. The zero-order valence-corrected chi connectivity index (χ0v) is 12.2. The molecule has 3 unspecified atom stereocenters. The van der Waals surface area contributed by atoms with Gasteiger partial charge < -0.3 is 4.90 Å². The van der Waals surface area contributed by atoms with Crippen molar-refractivity contribution in [3.05, 3.63) is 18.0 Å². The highest BCUT2D eigenvalue weighted by Gasteiger charge is 2.39. The van der Waals surface area contributed by atoms with Crippen LogP contribution in [0, 0.1) is 23.2 Å². The van der Waals surface area contributed by atoms with Crippen LogP contribution < -0.4 is 4.90 Å². The van der Waals surface area contributed by atoms with Crippen molar-refractivity contribution in [3.8, 4) is 6.07 Å². The number of nitrogens with zero attached hydrogens (tertiary/aromatic N) is 5. The van der Waals surface area contributed by atoms with Gasteiger partial charge in [0.05, 0.1) is 0 Å². The quantitative estimate of drug-likeness (QED) is 0.816. The summed E-state index contributed by atoms with van der Waals surface area (Å²) >= 11 is 0. The summed E-state index contributed by atoms with van der Waals surface area (Å²) in [7, 11) is 0. The normalized spacial score (nSPS) is 30.6. The van der Waals surface area contributed by atoms with Gasteiger partial charge in [0.15, 0.2) is 0 Å². The zero-order chi connectivity index (χ0) is 14.1. The summed E-state index contributed by atoms with van der Waals surface area (Å²) < 4.78 is 0. The number of nitriles is 1. The van der Waals surface area contributed by atoms with Crippen molar-refractivity contribution in [2.75, 3.05) is 31.1 Å². The second kappa shape index (κ2) is 5.37. The van der Waals surface area contributed by atoms with Crippen LogP contribution in [-0.2, 0) is 0 Å². The molecule has 0 N–H and O–H groups in total. The van der Waals surface area contributed by atoms with E-state index in [2.05, 4.69) is 39.7 Å². The molecule has 3 atom stereocenters. The van der Waals surface area contributed by atoms with Crippen LogP contribution in [0.3, 0.4) is 0 Å². The van der Waals surface area contributed by atoms with Gasteiger partial charge in [-0.05, 0) is 24.3 Å². The van der Waals surface area contributed by atoms with Gasteiger partial charge in [-0.3, -0.25) is 4.90 Å². The molecular weight excluding hydrogens is 250 g/mol. The number of hydrogen-bond acceptors (Lipinski definition) is 5. The van der Waals surface area contributed by atoms with Crippen molar-refractivity contribution in [2.45, 2.75) is 26.3 Å². The van der Waals surface area contributed by atoms with E-state index >= 15 is 0 Å². The van der Waals surface area contributed by atoms with Crippen LogP contribution in [0.1, 0.15) is 26.0 Å². The van der Waals surface area contributed by atoms with Gasteiger partial charge >= 0.3 is 0 Å². The molecule has 1 aliphatic heterocycles. The van der Waals surface area contributed by atoms with Crippen LogP contribution in [0.4, 0.5) is 5.95 Å². The van der Waals surface area contributed by atoms with Crippen LogP contribution in [-0.4, -0.2) is 47.1 Å². The van der Waals surface area contributed by atoms with Crippen LogP contribution in [0.2, 0.25) is 0 Å². The van der Waals surface area contributed by atoms with Crippen molar-refractivity contribution in [2.24, 2.45) is 11.8 Å². The van der Waals surface area contributed by atoms with Crippen LogP contribution in [0.15, 0.2) is 12.3 Å². The Balaban J connectivity index is 1.72. The second-order valence-electron chi connectivity index (χ2n) is 6.18. The Morgan fingerprint density at radius 3 is 2.80 bits per heavy atom. The predicted octanol–water partition coefficient (Wildman–Crippen LogP) is 1.51. The Bertz CT molecular complexity index is 523. The molecule has 1 saturated heterocycles. The first kappa shape index (κ1) is 13.3. The van der Waals surface area contributed by atoms with Gasteiger partial charge in [-0.1, -0.05) is 13.8 Å². The molecular formula is C15H21N5. The van der Waals surface area contributed by atoms with Crippen molar-refractivity contribution < 1.29 is 0 Å². The van der Waals surface area contributed by atoms with E-state index in [0.717, 1.165) is 38.1 Å². The molecule has 2 aliphatic rings. The lowest BCUT2D eigenvalue weighted by Crippen LogP contribution is -2.33. The summed E-state index contributed by atoms with van der Waals surface area (Å²) in [5, 5.41) is 8.95. The molecule has 20 heavy (non-hydrogen) atoms. The van der Waals surface area contributed by atoms with E-state index in [4.69, 9.17) is 5.26 Å².